The van der Waals surface area contributed by atoms with E-state index < -0.39 is 26.7 Å². The summed E-state index contributed by atoms with van der Waals surface area (Å²) in [6, 6.07) is 0. The molecule has 0 aliphatic carbocycles. The van der Waals surface area contributed by atoms with Crippen LogP contribution in [0.3, 0.4) is 0 Å². The predicted octanol–water partition coefficient (Wildman–Crippen LogP) is 1.07. The molecule has 1 aromatic rings. The van der Waals surface area contributed by atoms with Crippen molar-refractivity contribution in [2.45, 2.75) is 19.9 Å². The molecule has 0 spiro atoms. The normalized spacial score (nSPS) is 10.1. The molecular weight excluding hydrogens is 218 g/mol. The maximum atomic E-state index is 11.3. The van der Waals surface area contributed by atoms with Gasteiger partial charge in [0.05, 0.1) is 22.2 Å². The Morgan fingerprint density at radius 1 is 1.19 bits per heavy atom. The molecule has 0 unspecified atom stereocenters. The monoisotopic (exact) mass is 227 g/mol. The van der Waals surface area contributed by atoms with Crippen LogP contribution in [-0.2, 0) is 6.54 Å². The quantitative estimate of drug-likeness (QED) is 0.564. The molecule has 8 nitrogen and oxygen atoms in total. The summed E-state index contributed by atoms with van der Waals surface area (Å²) in [7, 11) is 0. The molecule has 0 amide bonds. The summed E-state index contributed by atoms with van der Waals surface area (Å²) in [6.45, 7) is 2.19. The maximum Gasteiger partial charge on any atom is 0.339 e. The third kappa shape index (κ3) is 2.22. The number of hydrogen-bond donors (Lipinski definition) is 0. The minimum Gasteiger partial charge on any atom is -0.342 e. The summed E-state index contributed by atoms with van der Waals surface area (Å²) in [5, 5.41) is 21.0. The Balaban J connectivity index is 3.45. The van der Waals surface area contributed by atoms with Gasteiger partial charge in [-0.05, 0) is 6.42 Å². The summed E-state index contributed by atoms with van der Waals surface area (Å²) < 4.78 is 1.28. The second kappa shape index (κ2) is 4.51. The first-order valence-corrected chi connectivity index (χ1v) is 4.50. The van der Waals surface area contributed by atoms with Gasteiger partial charge < -0.3 is 4.57 Å². The molecule has 16 heavy (non-hydrogen) atoms. The zero-order chi connectivity index (χ0) is 12.3. The summed E-state index contributed by atoms with van der Waals surface area (Å²) in [4.78, 5) is 30.5. The van der Waals surface area contributed by atoms with Gasteiger partial charge in [0.2, 0.25) is 0 Å². The first kappa shape index (κ1) is 11.8. The van der Waals surface area contributed by atoms with Crippen LogP contribution in [0.15, 0.2) is 17.2 Å². The Labute approximate surface area is 89.4 Å². The summed E-state index contributed by atoms with van der Waals surface area (Å²) in [5.74, 6) is 0. The third-order valence-electron chi connectivity index (χ3n) is 1.92. The Morgan fingerprint density at radius 3 is 1.94 bits per heavy atom. The molecule has 86 valence electrons. The van der Waals surface area contributed by atoms with Crippen molar-refractivity contribution in [3.05, 3.63) is 42.8 Å². The van der Waals surface area contributed by atoms with Crippen LogP contribution in [0.1, 0.15) is 13.3 Å². The Hall–Kier alpha value is -2.25. The van der Waals surface area contributed by atoms with Crippen molar-refractivity contribution >= 4 is 11.4 Å². The topological polar surface area (TPSA) is 108 Å². The van der Waals surface area contributed by atoms with E-state index in [4.69, 9.17) is 0 Å². The van der Waals surface area contributed by atoms with Crippen molar-refractivity contribution in [1.82, 2.24) is 4.57 Å². The predicted molar refractivity (Wildman–Crippen MR) is 54.3 cm³/mol. The second-order valence-corrected chi connectivity index (χ2v) is 3.11. The molecule has 0 saturated carbocycles. The van der Waals surface area contributed by atoms with Gasteiger partial charge in [-0.15, -0.1) is 0 Å². The highest BCUT2D eigenvalue weighted by atomic mass is 16.6. The van der Waals surface area contributed by atoms with Crippen LogP contribution in [0.5, 0.6) is 0 Å². The molecule has 8 heteroatoms. The zero-order valence-corrected chi connectivity index (χ0v) is 8.45. The average Bonchev–Trinajstić information content (AvgIpc) is 2.19. The number of pyridine rings is 1. The average molecular weight is 227 g/mol. The molecule has 0 fully saturated rings. The van der Waals surface area contributed by atoms with E-state index >= 15 is 0 Å². The van der Waals surface area contributed by atoms with Crippen LogP contribution >= 0.6 is 0 Å². The second-order valence-electron chi connectivity index (χ2n) is 3.11. The van der Waals surface area contributed by atoms with Crippen molar-refractivity contribution in [3.63, 3.8) is 0 Å². The Kier molecular flexibility index (Phi) is 3.33. The molecule has 0 radical (unpaired) electrons. The van der Waals surface area contributed by atoms with Crippen molar-refractivity contribution < 1.29 is 9.85 Å². The smallest absolute Gasteiger partial charge is 0.339 e. The summed E-state index contributed by atoms with van der Waals surface area (Å²) in [6.07, 6.45) is 2.68. The number of aromatic nitrogens is 1. The minimum absolute atomic E-state index is 0.377. The molecule has 0 saturated heterocycles. The van der Waals surface area contributed by atoms with Crippen LogP contribution < -0.4 is 5.43 Å². The van der Waals surface area contributed by atoms with Gasteiger partial charge >= 0.3 is 16.8 Å². The molecule has 0 bridgehead atoms. The van der Waals surface area contributed by atoms with Gasteiger partial charge in [0.25, 0.3) is 0 Å². The van der Waals surface area contributed by atoms with Gasteiger partial charge in [0.15, 0.2) is 0 Å². The molecule has 0 atom stereocenters. The SMILES string of the molecule is CCCn1cc([N+](=O)[O-])c(=O)c([N+](=O)[O-])c1. The van der Waals surface area contributed by atoms with Crippen molar-refractivity contribution in [2.24, 2.45) is 0 Å². The Morgan fingerprint density at radius 2 is 1.62 bits per heavy atom. The highest BCUT2D eigenvalue weighted by Crippen LogP contribution is 2.11. The number of nitro groups is 2. The van der Waals surface area contributed by atoms with Crippen LogP contribution in [0.2, 0.25) is 0 Å². The summed E-state index contributed by atoms with van der Waals surface area (Å²) >= 11 is 0. The minimum atomic E-state index is -1.16. The lowest BCUT2D eigenvalue weighted by Gasteiger charge is -2.03. The molecule has 0 N–H and O–H groups in total. The molecule has 0 aliphatic heterocycles. The molecular formula is C8H9N3O5. The van der Waals surface area contributed by atoms with Gasteiger partial charge in [0.1, 0.15) is 0 Å². The van der Waals surface area contributed by atoms with Crippen LogP contribution in [0.25, 0.3) is 0 Å². The van der Waals surface area contributed by atoms with E-state index in [1.165, 1.54) is 4.57 Å². The lowest BCUT2D eigenvalue weighted by molar-refractivity contribution is -0.397. The Bertz CT molecular complexity index is 455. The molecule has 1 rings (SSSR count). The van der Waals surface area contributed by atoms with E-state index in [0.29, 0.717) is 13.0 Å². The fourth-order valence-corrected chi connectivity index (χ4v) is 1.25. The first-order chi connectivity index (χ1) is 7.47. The largest absolute Gasteiger partial charge is 0.342 e. The van der Waals surface area contributed by atoms with Crippen molar-refractivity contribution in [3.8, 4) is 0 Å². The number of rotatable bonds is 4. The molecule has 0 aliphatic rings. The van der Waals surface area contributed by atoms with Gasteiger partial charge in [-0.1, -0.05) is 6.92 Å². The van der Waals surface area contributed by atoms with Gasteiger partial charge in [0, 0.05) is 6.54 Å². The van der Waals surface area contributed by atoms with E-state index in [9.17, 15) is 25.0 Å². The number of hydrogen-bond acceptors (Lipinski definition) is 5. The molecule has 1 heterocycles. The van der Waals surface area contributed by atoms with Crippen molar-refractivity contribution in [1.29, 1.82) is 0 Å². The van der Waals surface area contributed by atoms with Crippen LogP contribution in [-0.4, -0.2) is 14.4 Å². The van der Waals surface area contributed by atoms with Crippen molar-refractivity contribution in [2.75, 3.05) is 0 Å². The van der Waals surface area contributed by atoms with Gasteiger partial charge in [-0.25, -0.2) is 0 Å². The standard InChI is InChI=1S/C8H9N3O5/c1-2-3-9-4-6(10(13)14)8(12)7(5-9)11(15)16/h4-5H,2-3H2,1H3. The molecule has 0 aromatic carbocycles. The number of aryl methyl sites for hydroxylation is 1. The summed E-state index contributed by atoms with van der Waals surface area (Å²) in [5.41, 5.74) is -2.72. The maximum absolute atomic E-state index is 11.3. The van der Waals surface area contributed by atoms with E-state index in [2.05, 4.69) is 0 Å². The third-order valence-corrected chi connectivity index (χ3v) is 1.92. The lowest BCUT2D eigenvalue weighted by atomic mass is 10.3. The number of nitrogens with zero attached hydrogens (tertiary/aromatic N) is 3. The highest BCUT2D eigenvalue weighted by molar-refractivity contribution is 5.39. The highest BCUT2D eigenvalue weighted by Gasteiger charge is 2.23. The fourth-order valence-electron chi connectivity index (χ4n) is 1.25. The van der Waals surface area contributed by atoms with E-state index in [1.54, 1.807) is 0 Å². The fraction of sp³-hybridized carbons (Fsp3) is 0.375. The zero-order valence-electron chi connectivity index (χ0n) is 8.45. The van der Waals surface area contributed by atoms with E-state index in [0.717, 1.165) is 12.4 Å². The first-order valence-electron chi connectivity index (χ1n) is 4.50. The van der Waals surface area contributed by atoms with Crippen LogP contribution in [0.4, 0.5) is 11.4 Å². The van der Waals surface area contributed by atoms with Gasteiger partial charge in [-0.2, -0.15) is 0 Å². The van der Waals surface area contributed by atoms with E-state index in [1.807, 2.05) is 6.92 Å². The van der Waals surface area contributed by atoms with Gasteiger partial charge in [-0.3, -0.25) is 25.0 Å². The van der Waals surface area contributed by atoms with E-state index in [-0.39, 0.29) is 0 Å². The molecule has 1 aromatic heterocycles. The lowest BCUT2D eigenvalue weighted by Crippen LogP contribution is -2.16. The van der Waals surface area contributed by atoms with Crippen LogP contribution in [0, 0.1) is 20.2 Å².